The molecule has 32 heavy (non-hydrogen) atoms. The van der Waals surface area contributed by atoms with Crippen molar-refractivity contribution in [3.8, 4) is 11.5 Å². The van der Waals surface area contributed by atoms with Gasteiger partial charge in [0.25, 0.3) is 11.7 Å². The summed E-state index contributed by atoms with van der Waals surface area (Å²) in [4.78, 5) is 29.7. The van der Waals surface area contributed by atoms with Gasteiger partial charge in [0, 0.05) is 6.54 Å². The third-order valence-electron chi connectivity index (χ3n) is 5.59. The van der Waals surface area contributed by atoms with Crippen LogP contribution < -0.4 is 9.47 Å². The highest BCUT2D eigenvalue weighted by Gasteiger charge is 2.46. The average Bonchev–Trinajstić information content (AvgIpc) is 3.03. The Morgan fingerprint density at radius 1 is 1.06 bits per heavy atom. The summed E-state index contributed by atoms with van der Waals surface area (Å²) in [6.45, 7) is 3.04. The number of likely N-dealkylation sites (tertiary alicyclic amines) is 1. The second-order valence-electron chi connectivity index (χ2n) is 8.13. The normalized spacial score (nSPS) is 17.8. The lowest BCUT2D eigenvalue weighted by Gasteiger charge is -2.26. The third kappa shape index (κ3) is 4.62. The summed E-state index contributed by atoms with van der Waals surface area (Å²) in [5, 5.41) is 11.3. The maximum Gasteiger partial charge on any atom is 0.295 e. The molecule has 7 heteroatoms. The molecule has 3 rings (SSSR count). The van der Waals surface area contributed by atoms with Crippen molar-refractivity contribution in [2.75, 3.05) is 41.4 Å². The molecule has 1 N–H and O–H groups in total. The molecule has 1 atom stereocenters. The third-order valence-corrected chi connectivity index (χ3v) is 5.59. The molecule has 1 saturated heterocycles. The van der Waals surface area contributed by atoms with Crippen molar-refractivity contribution in [2.45, 2.75) is 19.4 Å². The van der Waals surface area contributed by atoms with E-state index in [1.165, 1.54) is 7.11 Å². The molecule has 1 aliphatic rings. The van der Waals surface area contributed by atoms with Crippen LogP contribution in [0, 0.1) is 6.92 Å². The Labute approximate surface area is 188 Å². The van der Waals surface area contributed by atoms with Crippen LogP contribution in [-0.2, 0) is 9.59 Å². The zero-order valence-corrected chi connectivity index (χ0v) is 19.2. The Hall–Kier alpha value is -3.32. The molecule has 0 radical (unpaired) electrons. The maximum absolute atomic E-state index is 13.1. The van der Waals surface area contributed by atoms with E-state index in [9.17, 15) is 14.7 Å². The van der Waals surface area contributed by atoms with Gasteiger partial charge in [-0.3, -0.25) is 9.59 Å². The Morgan fingerprint density at radius 2 is 1.75 bits per heavy atom. The Kier molecular flexibility index (Phi) is 7.20. The van der Waals surface area contributed by atoms with Gasteiger partial charge in [0.2, 0.25) is 0 Å². The molecule has 1 fully saturated rings. The molecule has 1 aliphatic heterocycles. The minimum Gasteiger partial charge on any atom is -0.507 e. The summed E-state index contributed by atoms with van der Waals surface area (Å²) < 4.78 is 10.7. The quantitative estimate of drug-likeness (QED) is 0.387. The minimum absolute atomic E-state index is 0.0638. The van der Waals surface area contributed by atoms with Crippen molar-refractivity contribution >= 4 is 17.4 Å². The number of nitrogens with zero attached hydrogens (tertiary/aromatic N) is 2. The number of benzene rings is 2. The van der Waals surface area contributed by atoms with Crippen LogP contribution >= 0.6 is 0 Å². The second-order valence-corrected chi connectivity index (χ2v) is 8.13. The second kappa shape index (κ2) is 9.87. The first kappa shape index (κ1) is 23.3. The lowest BCUT2D eigenvalue weighted by molar-refractivity contribution is -0.139. The van der Waals surface area contributed by atoms with E-state index in [-0.39, 0.29) is 11.3 Å². The summed E-state index contributed by atoms with van der Waals surface area (Å²) in [5.41, 5.74) is 2.07. The summed E-state index contributed by atoms with van der Waals surface area (Å²) in [6.07, 6.45) is 0.695. The standard InChI is InChI=1S/C25H30N2O5/c1-16-7-12-20(32-5)19(15-16)23(28)21-22(17-8-10-18(31-4)11-9-17)27(25(30)24(21)29)14-6-13-26(2)3/h7-12,15,22,28H,6,13-14H2,1-5H3/b23-21+. The minimum atomic E-state index is -0.701. The number of aryl methyl sites for hydroxylation is 1. The zero-order chi connectivity index (χ0) is 23.4. The van der Waals surface area contributed by atoms with Crippen molar-refractivity contribution in [3.63, 3.8) is 0 Å². The first-order valence-corrected chi connectivity index (χ1v) is 10.5. The van der Waals surface area contributed by atoms with Crippen molar-refractivity contribution in [1.29, 1.82) is 0 Å². The van der Waals surface area contributed by atoms with Crippen LogP contribution in [0.25, 0.3) is 5.76 Å². The van der Waals surface area contributed by atoms with Crippen LogP contribution in [0.5, 0.6) is 11.5 Å². The monoisotopic (exact) mass is 438 g/mol. The molecule has 0 aliphatic carbocycles. The van der Waals surface area contributed by atoms with E-state index in [4.69, 9.17) is 9.47 Å². The number of Topliss-reactive ketones (excluding diaryl/α,β-unsaturated/α-hetero) is 1. The summed E-state index contributed by atoms with van der Waals surface area (Å²) in [6, 6.07) is 11.8. The highest BCUT2D eigenvalue weighted by atomic mass is 16.5. The number of carbonyl (C=O) groups is 2. The van der Waals surface area contributed by atoms with E-state index in [2.05, 4.69) is 0 Å². The number of carbonyl (C=O) groups excluding carboxylic acids is 2. The number of ketones is 1. The molecule has 1 unspecified atom stereocenters. The van der Waals surface area contributed by atoms with E-state index in [0.29, 0.717) is 30.0 Å². The first-order chi connectivity index (χ1) is 15.3. The van der Waals surface area contributed by atoms with Crippen molar-refractivity contribution in [3.05, 3.63) is 64.7 Å². The Bertz CT molecular complexity index is 1030. The van der Waals surface area contributed by atoms with Crippen molar-refractivity contribution in [2.24, 2.45) is 0 Å². The Balaban J connectivity index is 2.15. The van der Waals surface area contributed by atoms with Crippen molar-refractivity contribution in [1.82, 2.24) is 9.80 Å². The number of rotatable bonds is 8. The van der Waals surface area contributed by atoms with Crippen LogP contribution in [0.2, 0.25) is 0 Å². The molecule has 1 amide bonds. The molecule has 0 saturated carbocycles. The van der Waals surface area contributed by atoms with Crippen molar-refractivity contribution < 1.29 is 24.2 Å². The van der Waals surface area contributed by atoms with E-state index in [1.54, 1.807) is 36.3 Å². The lowest BCUT2D eigenvalue weighted by Crippen LogP contribution is -2.32. The predicted octanol–water partition coefficient (Wildman–Crippen LogP) is 3.39. The van der Waals surface area contributed by atoms with Gasteiger partial charge in [-0.1, -0.05) is 23.8 Å². The highest BCUT2D eigenvalue weighted by molar-refractivity contribution is 6.46. The molecular weight excluding hydrogens is 408 g/mol. The van der Waals surface area contributed by atoms with E-state index < -0.39 is 17.7 Å². The zero-order valence-electron chi connectivity index (χ0n) is 19.2. The first-order valence-electron chi connectivity index (χ1n) is 10.5. The van der Waals surface area contributed by atoms with Gasteiger partial charge in [0.1, 0.15) is 17.3 Å². The van der Waals surface area contributed by atoms with Gasteiger partial charge in [-0.05, 0) is 63.8 Å². The fourth-order valence-corrected chi connectivity index (χ4v) is 3.95. The van der Waals surface area contributed by atoms with E-state index in [1.807, 2.05) is 44.1 Å². The summed E-state index contributed by atoms with van der Waals surface area (Å²) in [5.74, 6) is -0.451. The van der Waals surface area contributed by atoms with Gasteiger partial charge in [0.15, 0.2) is 0 Å². The fourth-order valence-electron chi connectivity index (χ4n) is 3.95. The fraction of sp³-hybridized carbons (Fsp3) is 0.360. The topological polar surface area (TPSA) is 79.3 Å². The van der Waals surface area contributed by atoms with Gasteiger partial charge in [-0.2, -0.15) is 0 Å². The predicted molar refractivity (Wildman–Crippen MR) is 123 cm³/mol. The summed E-state index contributed by atoms with van der Waals surface area (Å²) >= 11 is 0. The number of methoxy groups -OCH3 is 2. The Morgan fingerprint density at radius 3 is 2.34 bits per heavy atom. The van der Waals surface area contributed by atoms with Crippen LogP contribution in [0.15, 0.2) is 48.0 Å². The SMILES string of the molecule is COc1ccc(C2/C(=C(\O)c3cc(C)ccc3OC)C(=O)C(=O)N2CCCN(C)C)cc1. The molecular formula is C25H30N2O5. The molecule has 0 aromatic heterocycles. The molecule has 1 heterocycles. The highest BCUT2D eigenvalue weighted by Crippen LogP contribution is 2.41. The smallest absolute Gasteiger partial charge is 0.295 e. The lowest BCUT2D eigenvalue weighted by atomic mass is 9.94. The number of hydrogen-bond acceptors (Lipinski definition) is 6. The molecule has 2 aromatic rings. The maximum atomic E-state index is 13.1. The molecule has 170 valence electrons. The van der Waals surface area contributed by atoms with Gasteiger partial charge < -0.3 is 24.4 Å². The van der Waals surface area contributed by atoms with Gasteiger partial charge in [-0.15, -0.1) is 0 Å². The van der Waals surface area contributed by atoms with Crippen LogP contribution in [-0.4, -0.2) is 68.0 Å². The van der Waals surface area contributed by atoms with Gasteiger partial charge >= 0.3 is 0 Å². The average molecular weight is 439 g/mol. The molecule has 0 spiro atoms. The number of aliphatic hydroxyl groups excluding tert-OH is 1. The van der Waals surface area contributed by atoms with Gasteiger partial charge in [-0.25, -0.2) is 0 Å². The van der Waals surface area contributed by atoms with Crippen LogP contribution in [0.4, 0.5) is 0 Å². The molecule has 0 bridgehead atoms. The van der Waals surface area contributed by atoms with Gasteiger partial charge in [0.05, 0.1) is 31.4 Å². The number of aliphatic hydroxyl groups is 1. The van der Waals surface area contributed by atoms with E-state index in [0.717, 1.165) is 17.7 Å². The molecule has 7 nitrogen and oxygen atoms in total. The number of ether oxygens (including phenoxy) is 2. The number of amides is 1. The largest absolute Gasteiger partial charge is 0.507 e. The summed E-state index contributed by atoms with van der Waals surface area (Å²) in [7, 11) is 6.99. The van der Waals surface area contributed by atoms with Crippen LogP contribution in [0.1, 0.15) is 29.2 Å². The van der Waals surface area contributed by atoms with E-state index >= 15 is 0 Å². The molecule has 2 aromatic carbocycles. The van der Waals surface area contributed by atoms with Crippen LogP contribution in [0.3, 0.4) is 0 Å². The number of hydrogen-bond donors (Lipinski definition) is 1.